The average Bonchev–Trinajstić information content (AvgIpc) is 2.31. The van der Waals surface area contributed by atoms with Crippen LogP contribution in [0.2, 0.25) is 0 Å². The normalized spacial score (nSPS) is 15.1. The molecule has 0 spiro atoms. The Balaban J connectivity index is 2.15. The molecular weight excluding hydrogens is 274 g/mol. The van der Waals surface area contributed by atoms with Crippen molar-refractivity contribution in [2.45, 2.75) is 33.1 Å². The molecule has 2 rings (SSSR count). The molecule has 7 nitrogen and oxygen atoms in total. The van der Waals surface area contributed by atoms with Crippen molar-refractivity contribution < 1.29 is 14.7 Å². The summed E-state index contributed by atoms with van der Waals surface area (Å²) in [5.41, 5.74) is 0.0280. The number of aromatic amines is 1. The Morgan fingerprint density at radius 1 is 1.43 bits per heavy atom. The fraction of sp³-hybridized carbons (Fsp3) is 0.571. The predicted molar refractivity (Wildman–Crippen MR) is 75.3 cm³/mol. The third-order valence-electron chi connectivity index (χ3n) is 3.59. The third kappa shape index (κ3) is 3.12. The van der Waals surface area contributed by atoms with Crippen LogP contribution in [-0.4, -0.2) is 44.9 Å². The van der Waals surface area contributed by atoms with E-state index >= 15 is 0 Å². The van der Waals surface area contributed by atoms with Gasteiger partial charge in [-0.2, -0.15) is 0 Å². The molecule has 1 saturated heterocycles. The molecule has 1 aromatic rings. The number of nitrogens with zero attached hydrogens (tertiary/aromatic N) is 2. The van der Waals surface area contributed by atoms with Gasteiger partial charge in [0.05, 0.1) is 12.1 Å². The molecule has 0 saturated carbocycles. The lowest BCUT2D eigenvalue weighted by molar-refractivity contribution is -0.139. The minimum absolute atomic E-state index is 0.0336. The van der Waals surface area contributed by atoms with Gasteiger partial charge in [0.1, 0.15) is 11.4 Å². The monoisotopic (exact) mass is 293 g/mol. The minimum atomic E-state index is -0.871. The van der Waals surface area contributed by atoms with Gasteiger partial charge in [0.15, 0.2) is 0 Å². The quantitative estimate of drug-likeness (QED) is 0.852. The van der Waals surface area contributed by atoms with Crippen molar-refractivity contribution in [3.8, 4) is 0 Å². The molecule has 0 aromatic carbocycles. The maximum absolute atomic E-state index is 12.3. The number of carbonyl (C=O) groups excluding carboxylic acids is 1. The Hall–Kier alpha value is -2.18. The lowest BCUT2D eigenvalue weighted by atomic mass is 9.95. The molecule has 114 valence electrons. The first kappa shape index (κ1) is 15.2. The molecule has 1 aliphatic rings. The van der Waals surface area contributed by atoms with Crippen LogP contribution in [0.5, 0.6) is 0 Å². The van der Waals surface area contributed by atoms with Gasteiger partial charge in [0, 0.05) is 24.9 Å². The van der Waals surface area contributed by atoms with Gasteiger partial charge in [-0.25, -0.2) is 4.98 Å². The second kappa shape index (κ2) is 5.67. The summed E-state index contributed by atoms with van der Waals surface area (Å²) in [7, 11) is 0. The molecule has 0 radical (unpaired) electrons. The number of H-pyrrole nitrogens is 1. The van der Waals surface area contributed by atoms with Gasteiger partial charge in [0.25, 0.3) is 11.5 Å². The standard InChI is InChI=1S/C14H19N3O4/c1-7(2)12-15-8(3)11(13(20)16-12)14(21)17-5-9(6-17)4-10(18)19/h7,9H,4-6H2,1-3H3,(H,18,19)(H,15,16,20). The molecule has 0 aliphatic carbocycles. The van der Waals surface area contributed by atoms with Crippen LogP contribution in [0.1, 0.15) is 48.1 Å². The van der Waals surface area contributed by atoms with Gasteiger partial charge in [-0.1, -0.05) is 13.8 Å². The third-order valence-corrected chi connectivity index (χ3v) is 3.59. The zero-order valence-electron chi connectivity index (χ0n) is 12.3. The summed E-state index contributed by atoms with van der Waals surface area (Å²) >= 11 is 0. The molecule has 2 N–H and O–H groups in total. The highest BCUT2D eigenvalue weighted by Crippen LogP contribution is 2.21. The molecular formula is C14H19N3O4. The molecule has 7 heteroatoms. The molecule has 1 aromatic heterocycles. The second-order valence-corrected chi connectivity index (χ2v) is 5.74. The van der Waals surface area contributed by atoms with E-state index in [1.165, 1.54) is 4.90 Å². The van der Waals surface area contributed by atoms with Crippen molar-refractivity contribution in [2.75, 3.05) is 13.1 Å². The number of carbonyl (C=O) groups is 2. The van der Waals surface area contributed by atoms with E-state index in [1.807, 2.05) is 13.8 Å². The fourth-order valence-electron chi connectivity index (χ4n) is 2.40. The summed E-state index contributed by atoms with van der Waals surface area (Å²) in [6, 6.07) is 0. The first-order chi connectivity index (χ1) is 9.79. The molecule has 0 atom stereocenters. The fourth-order valence-corrected chi connectivity index (χ4v) is 2.40. The van der Waals surface area contributed by atoms with E-state index in [1.54, 1.807) is 6.92 Å². The van der Waals surface area contributed by atoms with Crippen LogP contribution < -0.4 is 5.56 Å². The highest BCUT2D eigenvalue weighted by atomic mass is 16.4. The number of carboxylic acid groups (broad SMARTS) is 1. The molecule has 1 aliphatic heterocycles. The number of nitrogens with one attached hydrogen (secondary N) is 1. The van der Waals surface area contributed by atoms with Crippen molar-refractivity contribution in [1.29, 1.82) is 0 Å². The largest absolute Gasteiger partial charge is 0.481 e. The van der Waals surface area contributed by atoms with E-state index in [-0.39, 0.29) is 29.7 Å². The van der Waals surface area contributed by atoms with E-state index < -0.39 is 11.5 Å². The van der Waals surface area contributed by atoms with Crippen LogP contribution in [0.3, 0.4) is 0 Å². The van der Waals surface area contributed by atoms with Gasteiger partial charge in [-0.05, 0) is 6.92 Å². The smallest absolute Gasteiger partial charge is 0.303 e. The summed E-state index contributed by atoms with van der Waals surface area (Å²) in [6.07, 6.45) is 0.0453. The topological polar surface area (TPSA) is 103 Å². The summed E-state index contributed by atoms with van der Waals surface area (Å²) in [5.74, 6) is -0.651. The van der Waals surface area contributed by atoms with Crippen molar-refractivity contribution in [2.24, 2.45) is 5.92 Å². The van der Waals surface area contributed by atoms with Crippen LogP contribution >= 0.6 is 0 Å². The number of carboxylic acids is 1. The zero-order chi connectivity index (χ0) is 15.7. The number of hydrogen-bond acceptors (Lipinski definition) is 4. The van der Waals surface area contributed by atoms with Gasteiger partial charge >= 0.3 is 5.97 Å². The highest BCUT2D eigenvalue weighted by Gasteiger charge is 2.34. The number of aliphatic carboxylic acids is 1. The van der Waals surface area contributed by atoms with Crippen LogP contribution in [0.4, 0.5) is 0 Å². The second-order valence-electron chi connectivity index (χ2n) is 5.74. The number of likely N-dealkylation sites (tertiary alicyclic amines) is 1. The van der Waals surface area contributed by atoms with Crippen molar-refractivity contribution in [1.82, 2.24) is 14.9 Å². The Labute approximate surface area is 122 Å². The first-order valence-corrected chi connectivity index (χ1v) is 6.91. The van der Waals surface area contributed by atoms with E-state index in [0.717, 1.165) is 0 Å². The molecule has 21 heavy (non-hydrogen) atoms. The summed E-state index contributed by atoms with van der Waals surface area (Å²) in [5, 5.41) is 8.69. The maximum Gasteiger partial charge on any atom is 0.303 e. The Kier molecular flexibility index (Phi) is 4.11. The zero-order valence-corrected chi connectivity index (χ0v) is 12.3. The van der Waals surface area contributed by atoms with E-state index in [0.29, 0.717) is 24.6 Å². The SMILES string of the molecule is Cc1nc(C(C)C)[nH]c(=O)c1C(=O)N1CC(CC(=O)O)C1. The number of rotatable bonds is 4. The van der Waals surface area contributed by atoms with Crippen molar-refractivity contribution >= 4 is 11.9 Å². The van der Waals surface area contributed by atoms with Crippen LogP contribution in [0.15, 0.2) is 4.79 Å². The minimum Gasteiger partial charge on any atom is -0.481 e. The van der Waals surface area contributed by atoms with Gasteiger partial charge in [-0.3, -0.25) is 14.4 Å². The predicted octanol–water partition coefficient (Wildman–Crippen LogP) is 0.748. The molecule has 0 unspecified atom stereocenters. The van der Waals surface area contributed by atoms with Crippen LogP contribution in [0, 0.1) is 12.8 Å². The first-order valence-electron chi connectivity index (χ1n) is 6.91. The van der Waals surface area contributed by atoms with Crippen LogP contribution in [0.25, 0.3) is 0 Å². The number of aryl methyl sites for hydroxylation is 1. The lowest BCUT2D eigenvalue weighted by Gasteiger charge is -2.38. The van der Waals surface area contributed by atoms with E-state index in [4.69, 9.17) is 5.11 Å². The molecule has 2 heterocycles. The maximum atomic E-state index is 12.3. The summed E-state index contributed by atoms with van der Waals surface area (Å²) in [4.78, 5) is 43.4. The Morgan fingerprint density at radius 3 is 2.52 bits per heavy atom. The summed E-state index contributed by atoms with van der Waals surface area (Å²) < 4.78 is 0. The average molecular weight is 293 g/mol. The number of hydrogen-bond donors (Lipinski definition) is 2. The van der Waals surface area contributed by atoms with E-state index in [9.17, 15) is 14.4 Å². The molecule has 1 amide bonds. The van der Waals surface area contributed by atoms with Crippen molar-refractivity contribution in [3.63, 3.8) is 0 Å². The molecule has 1 fully saturated rings. The van der Waals surface area contributed by atoms with Crippen LogP contribution in [-0.2, 0) is 4.79 Å². The Morgan fingerprint density at radius 2 is 2.05 bits per heavy atom. The van der Waals surface area contributed by atoms with Gasteiger partial charge in [-0.15, -0.1) is 0 Å². The number of aromatic nitrogens is 2. The lowest BCUT2D eigenvalue weighted by Crippen LogP contribution is -2.52. The molecule has 0 bridgehead atoms. The Bertz CT molecular complexity index is 630. The van der Waals surface area contributed by atoms with Gasteiger partial charge in [0.2, 0.25) is 0 Å². The van der Waals surface area contributed by atoms with Gasteiger partial charge < -0.3 is 15.0 Å². The van der Waals surface area contributed by atoms with E-state index in [2.05, 4.69) is 9.97 Å². The highest BCUT2D eigenvalue weighted by molar-refractivity contribution is 5.95. The number of amides is 1. The van der Waals surface area contributed by atoms with Crippen molar-refractivity contribution in [3.05, 3.63) is 27.4 Å². The summed E-state index contributed by atoms with van der Waals surface area (Å²) in [6.45, 7) is 6.20.